The van der Waals surface area contributed by atoms with E-state index in [-0.39, 0.29) is 11.6 Å². The van der Waals surface area contributed by atoms with Gasteiger partial charge >= 0.3 is 0 Å². The van der Waals surface area contributed by atoms with E-state index >= 15 is 0 Å². The summed E-state index contributed by atoms with van der Waals surface area (Å²) in [6.45, 7) is 3.13. The molecule has 5 aromatic carbocycles. The van der Waals surface area contributed by atoms with Gasteiger partial charge in [0.05, 0.1) is 22.7 Å². The zero-order valence-corrected chi connectivity index (χ0v) is 28.0. The predicted octanol–water partition coefficient (Wildman–Crippen LogP) is 9.61. The number of nitrogens with zero attached hydrogens (tertiary/aromatic N) is 2. The van der Waals surface area contributed by atoms with Gasteiger partial charge in [-0.2, -0.15) is 0 Å². The van der Waals surface area contributed by atoms with Crippen LogP contribution in [0.4, 0.5) is 34.1 Å². The van der Waals surface area contributed by atoms with Crippen molar-refractivity contribution in [1.82, 2.24) is 0 Å². The number of methoxy groups -OCH3 is 4. The normalized spacial score (nSPS) is 11.2. The number of anilines is 6. The molecule has 0 aliphatic rings. The fourth-order valence-electron chi connectivity index (χ4n) is 5.98. The Balaban J connectivity index is 1.74. The Hall–Kier alpha value is -5.12. The van der Waals surface area contributed by atoms with Gasteiger partial charge in [0, 0.05) is 62.1 Å². The lowest BCUT2D eigenvalue weighted by Crippen LogP contribution is -2.19. The van der Waals surface area contributed by atoms with Crippen LogP contribution < -0.4 is 9.80 Å². The van der Waals surface area contributed by atoms with Gasteiger partial charge in [-0.05, 0) is 74.5 Å². The second kappa shape index (κ2) is 15.6. The molecule has 0 amide bonds. The molecule has 0 radical (unpaired) electrons. The minimum atomic E-state index is -0.642. The first-order chi connectivity index (χ1) is 23.3. The fourth-order valence-corrected chi connectivity index (χ4v) is 5.98. The van der Waals surface area contributed by atoms with E-state index in [0.717, 1.165) is 33.9 Å². The predicted molar refractivity (Wildman–Crippen MR) is 189 cm³/mol. The summed E-state index contributed by atoms with van der Waals surface area (Å²) in [6, 6.07) is 38.6. The van der Waals surface area contributed by atoms with Crippen LogP contribution in [0.5, 0.6) is 0 Å². The van der Waals surface area contributed by atoms with Crippen molar-refractivity contribution in [1.29, 1.82) is 0 Å². The van der Waals surface area contributed by atoms with Gasteiger partial charge in [0.25, 0.3) is 0 Å². The van der Waals surface area contributed by atoms with Gasteiger partial charge in [0.1, 0.15) is 0 Å². The van der Waals surface area contributed by atoms with Crippen LogP contribution in [0.2, 0.25) is 0 Å². The van der Waals surface area contributed by atoms with Crippen LogP contribution in [0.3, 0.4) is 0 Å². The van der Waals surface area contributed by atoms with E-state index in [9.17, 15) is 9.59 Å². The highest BCUT2D eigenvalue weighted by molar-refractivity contribution is 6.03. The molecule has 0 aliphatic carbocycles. The van der Waals surface area contributed by atoms with Crippen LogP contribution in [0.1, 0.15) is 58.3 Å². The quantitative estimate of drug-likeness (QED) is 0.0874. The van der Waals surface area contributed by atoms with Crippen molar-refractivity contribution in [3.05, 3.63) is 144 Å². The number of ether oxygens (including phenoxy) is 4. The molecule has 8 heteroatoms. The van der Waals surface area contributed by atoms with Gasteiger partial charge in [-0.15, -0.1) is 0 Å². The third kappa shape index (κ3) is 6.93. The van der Waals surface area contributed by atoms with E-state index < -0.39 is 12.6 Å². The Kier molecular flexibility index (Phi) is 11.2. The summed E-state index contributed by atoms with van der Waals surface area (Å²) in [7, 11) is 6.38. The molecule has 246 valence electrons. The molecule has 0 aliphatic heterocycles. The van der Waals surface area contributed by atoms with Crippen molar-refractivity contribution in [2.45, 2.75) is 26.4 Å². The third-order valence-electron chi connectivity index (χ3n) is 8.13. The summed E-state index contributed by atoms with van der Waals surface area (Å²) in [5, 5.41) is 0. The highest BCUT2D eigenvalue weighted by Gasteiger charge is 2.26. The Morgan fingerprint density at radius 3 is 1.04 bits per heavy atom. The minimum absolute atomic E-state index is 0.0609. The number of carbonyl (C=O) groups excluding carboxylic acids is 2. The van der Waals surface area contributed by atoms with Crippen LogP contribution in [0.25, 0.3) is 0 Å². The summed E-state index contributed by atoms with van der Waals surface area (Å²) in [4.78, 5) is 29.9. The van der Waals surface area contributed by atoms with Crippen molar-refractivity contribution >= 4 is 45.7 Å². The van der Waals surface area contributed by atoms with Crippen molar-refractivity contribution in [3.8, 4) is 0 Å². The summed E-state index contributed by atoms with van der Waals surface area (Å²) >= 11 is 0. The highest BCUT2D eigenvalue weighted by Crippen LogP contribution is 2.44. The van der Waals surface area contributed by atoms with Crippen molar-refractivity contribution in [2.24, 2.45) is 0 Å². The van der Waals surface area contributed by atoms with Crippen molar-refractivity contribution < 1.29 is 28.5 Å². The number of ketones is 2. The number of para-hydroxylation sites is 4. The lowest BCUT2D eigenvalue weighted by atomic mass is 10.0. The summed E-state index contributed by atoms with van der Waals surface area (Å²) in [5.74, 6) is -0.122. The zero-order chi connectivity index (χ0) is 34.2. The number of hydrogen-bond donors (Lipinski definition) is 0. The SMILES string of the molecule is COC(OC)c1ccccc1N(c1ccc(N(c2ccccc2C(C)=O)c2ccccc2C(OC)OC)cc1)c1ccccc1C(C)=O. The second-order valence-electron chi connectivity index (χ2n) is 11.1. The smallest absolute Gasteiger partial charge is 0.185 e. The molecule has 0 heterocycles. The van der Waals surface area contributed by atoms with Crippen LogP contribution in [0, 0.1) is 0 Å². The van der Waals surface area contributed by atoms with Gasteiger partial charge in [-0.25, -0.2) is 0 Å². The molecule has 0 saturated heterocycles. The van der Waals surface area contributed by atoms with Gasteiger partial charge in [0.2, 0.25) is 0 Å². The van der Waals surface area contributed by atoms with E-state index in [2.05, 4.69) is 0 Å². The summed E-state index contributed by atoms with van der Waals surface area (Å²) in [5.41, 5.74) is 7.32. The lowest BCUT2D eigenvalue weighted by Gasteiger charge is -2.32. The number of carbonyl (C=O) groups is 2. The fraction of sp³-hybridized carbons (Fsp3) is 0.200. The number of benzene rings is 5. The molecule has 8 nitrogen and oxygen atoms in total. The molecule has 0 saturated carbocycles. The maximum absolute atomic E-state index is 12.9. The molecular formula is C40H40N2O6. The molecule has 5 aromatic rings. The maximum atomic E-state index is 12.9. The van der Waals surface area contributed by atoms with E-state index in [1.807, 2.05) is 131 Å². The topological polar surface area (TPSA) is 77.5 Å². The van der Waals surface area contributed by atoms with Crippen molar-refractivity contribution in [2.75, 3.05) is 38.2 Å². The number of rotatable bonds is 14. The molecule has 5 rings (SSSR count). The molecule has 0 bridgehead atoms. The Morgan fingerprint density at radius 1 is 0.438 bits per heavy atom. The standard InChI is InChI=1S/C40H40N2O6/c1-27(43)31-15-7-11-19-35(31)41(37-21-13-9-17-33(37)39(45-3)46-4)29-23-25-30(26-24-29)42(36-20-12-8-16-32(36)28(2)44)38-22-14-10-18-34(38)40(47-5)48-6/h7-26,39-40H,1-6H3. The van der Waals surface area contributed by atoms with Crippen LogP contribution in [-0.2, 0) is 18.9 Å². The molecule has 0 atom stereocenters. The van der Waals surface area contributed by atoms with Crippen LogP contribution in [0.15, 0.2) is 121 Å². The maximum Gasteiger partial charge on any atom is 0.185 e. The van der Waals surface area contributed by atoms with Gasteiger partial charge in [-0.3, -0.25) is 9.59 Å². The van der Waals surface area contributed by atoms with Gasteiger partial charge < -0.3 is 28.7 Å². The van der Waals surface area contributed by atoms with Crippen LogP contribution >= 0.6 is 0 Å². The molecule has 0 spiro atoms. The molecule has 0 N–H and O–H groups in total. The first-order valence-electron chi connectivity index (χ1n) is 15.5. The molecule has 0 fully saturated rings. The average molecular weight is 645 g/mol. The first-order valence-corrected chi connectivity index (χ1v) is 15.5. The van der Waals surface area contributed by atoms with Gasteiger partial charge in [-0.1, -0.05) is 60.7 Å². The Morgan fingerprint density at radius 2 is 0.729 bits per heavy atom. The molecule has 48 heavy (non-hydrogen) atoms. The summed E-state index contributed by atoms with van der Waals surface area (Å²) < 4.78 is 22.7. The third-order valence-corrected chi connectivity index (χ3v) is 8.13. The monoisotopic (exact) mass is 644 g/mol. The van der Waals surface area contributed by atoms with E-state index in [1.54, 1.807) is 42.3 Å². The van der Waals surface area contributed by atoms with Gasteiger partial charge in [0.15, 0.2) is 24.1 Å². The number of Topliss-reactive ketones (excluding diaryl/α,β-unsaturated/α-hetero) is 2. The molecule has 0 aromatic heterocycles. The summed E-state index contributed by atoms with van der Waals surface area (Å²) in [6.07, 6.45) is -1.28. The number of hydrogen-bond acceptors (Lipinski definition) is 8. The minimum Gasteiger partial charge on any atom is -0.352 e. The molecule has 0 unspecified atom stereocenters. The lowest BCUT2D eigenvalue weighted by molar-refractivity contribution is -0.105. The average Bonchev–Trinajstić information content (AvgIpc) is 3.12. The van der Waals surface area contributed by atoms with Crippen molar-refractivity contribution in [3.63, 3.8) is 0 Å². The molecular weight excluding hydrogens is 604 g/mol. The zero-order valence-electron chi connectivity index (χ0n) is 28.0. The Bertz CT molecular complexity index is 1730. The Labute approximate surface area is 282 Å². The van der Waals surface area contributed by atoms with E-state index in [0.29, 0.717) is 22.5 Å². The van der Waals surface area contributed by atoms with Crippen LogP contribution in [-0.4, -0.2) is 40.0 Å². The van der Waals surface area contributed by atoms with E-state index in [4.69, 9.17) is 18.9 Å². The second-order valence-corrected chi connectivity index (χ2v) is 11.1. The highest BCUT2D eigenvalue weighted by atomic mass is 16.7. The largest absolute Gasteiger partial charge is 0.352 e. The van der Waals surface area contributed by atoms with E-state index in [1.165, 1.54) is 0 Å². The first kappa shape index (κ1) is 34.2.